The van der Waals surface area contributed by atoms with Gasteiger partial charge >= 0.3 is 0 Å². The van der Waals surface area contributed by atoms with Gasteiger partial charge in [-0.25, -0.2) is 0 Å². The third-order valence-corrected chi connectivity index (χ3v) is 4.20. The van der Waals surface area contributed by atoms with E-state index in [1.54, 1.807) is 12.4 Å². The van der Waals surface area contributed by atoms with Crippen LogP contribution in [-0.4, -0.2) is 32.9 Å². The van der Waals surface area contributed by atoms with Gasteiger partial charge in [0.05, 0.1) is 16.7 Å². The second kappa shape index (κ2) is 5.81. The Kier molecular flexibility index (Phi) is 3.52. The molecule has 3 heterocycles. The summed E-state index contributed by atoms with van der Waals surface area (Å²) in [4.78, 5) is 15.7. The van der Waals surface area contributed by atoms with Crippen LogP contribution in [0.1, 0.15) is 18.5 Å². The first-order valence-corrected chi connectivity index (χ1v) is 7.77. The van der Waals surface area contributed by atoms with Crippen molar-refractivity contribution < 1.29 is 0 Å². The number of benzene rings is 1. The molecule has 3 aromatic rings. The molecule has 2 aromatic heterocycles. The lowest BCUT2D eigenvalue weighted by Gasteiger charge is -2.14. The van der Waals surface area contributed by atoms with Gasteiger partial charge in [-0.3, -0.25) is 19.9 Å². The van der Waals surface area contributed by atoms with E-state index >= 15 is 0 Å². The highest BCUT2D eigenvalue weighted by atomic mass is 15.1. The van der Waals surface area contributed by atoms with Crippen LogP contribution in [0.2, 0.25) is 0 Å². The van der Waals surface area contributed by atoms with E-state index in [1.165, 1.54) is 31.5 Å². The third-order valence-electron chi connectivity index (χ3n) is 4.20. The highest BCUT2D eigenvalue weighted by molar-refractivity contribution is 5.81. The molecule has 0 unspecified atom stereocenters. The van der Waals surface area contributed by atoms with Crippen molar-refractivity contribution in [3.8, 4) is 11.1 Å². The highest BCUT2D eigenvalue weighted by Crippen LogP contribution is 2.23. The molecule has 0 spiro atoms. The first kappa shape index (κ1) is 13.3. The van der Waals surface area contributed by atoms with Gasteiger partial charge in [-0.05, 0) is 61.3 Å². The van der Waals surface area contributed by atoms with Crippen molar-refractivity contribution in [1.29, 1.82) is 0 Å². The number of rotatable bonds is 3. The quantitative estimate of drug-likeness (QED) is 0.742. The molecule has 0 saturated carbocycles. The van der Waals surface area contributed by atoms with Crippen LogP contribution in [-0.2, 0) is 6.54 Å². The van der Waals surface area contributed by atoms with Crippen LogP contribution in [0.25, 0.3) is 22.2 Å². The van der Waals surface area contributed by atoms with E-state index in [0.29, 0.717) is 0 Å². The lowest BCUT2D eigenvalue weighted by atomic mass is 10.1. The first-order chi connectivity index (χ1) is 10.9. The summed E-state index contributed by atoms with van der Waals surface area (Å²) in [5.41, 5.74) is 5.35. The molecule has 1 aromatic carbocycles. The minimum absolute atomic E-state index is 0.928. The lowest BCUT2D eigenvalue weighted by molar-refractivity contribution is 0.327. The molecule has 0 aliphatic carbocycles. The molecule has 1 aliphatic heterocycles. The molecular formula is C18H18N4. The lowest BCUT2D eigenvalue weighted by Crippen LogP contribution is -2.19. The Labute approximate surface area is 129 Å². The number of pyridine rings is 1. The van der Waals surface area contributed by atoms with Crippen LogP contribution < -0.4 is 0 Å². The third kappa shape index (κ3) is 2.70. The predicted molar refractivity (Wildman–Crippen MR) is 87.3 cm³/mol. The van der Waals surface area contributed by atoms with Gasteiger partial charge in [-0.2, -0.15) is 0 Å². The largest absolute Gasteiger partial charge is 0.298 e. The molecule has 1 aliphatic rings. The monoisotopic (exact) mass is 290 g/mol. The van der Waals surface area contributed by atoms with Gasteiger partial charge < -0.3 is 0 Å². The topological polar surface area (TPSA) is 41.9 Å². The molecule has 1 saturated heterocycles. The van der Waals surface area contributed by atoms with Crippen LogP contribution in [0.3, 0.4) is 0 Å². The number of fused-ring (bicyclic) bond motifs is 1. The fourth-order valence-corrected chi connectivity index (χ4v) is 3.06. The SMILES string of the molecule is c1cc(-c2ccc3nccnc3c2)cc(CN2CCCC2)n1. The minimum Gasteiger partial charge on any atom is -0.298 e. The van der Waals surface area contributed by atoms with E-state index in [1.807, 2.05) is 12.3 Å². The normalized spacial score (nSPS) is 15.5. The van der Waals surface area contributed by atoms with Gasteiger partial charge in [0.15, 0.2) is 0 Å². The zero-order valence-electron chi connectivity index (χ0n) is 12.4. The summed E-state index contributed by atoms with van der Waals surface area (Å²) in [6, 6.07) is 10.5. The fraction of sp³-hybridized carbons (Fsp3) is 0.278. The zero-order valence-corrected chi connectivity index (χ0v) is 12.4. The second-order valence-electron chi connectivity index (χ2n) is 5.78. The molecule has 4 nitrogen and oxygen atoms in total. The molecule has 0 atom stereocenters. The average molecular weight is 290 g/mol. The number of aromatic nitrogens is 3. The Morgan fingerprint density at radius 2 is 1.55 bits per heavy atom. The summed E-state index contributed by atoms with van der Waals surface area (Å²) in [6.07, 6.45) is 7.98. The van der Waals surface area contributed by atoms with Crippen LogP contribution in [0.5, 0.6) is 0 Å². The number of hydrogen-bond donors (Lipinski definition) is 0. The summed E-state index contributed by atoms with van der Waals surface area (Å²) >= 11 is 0. The molecule has 110 valence electrons. The van der Waals surface area contributed by atoms with Crippen molar-refractivity contribution in [2.45, 2.75) is 19.4 Å². The van der Waals surface area contributed by atoms with Crippen LogP contribution in [0.15, 0.2) is 48.9 Å². The van der Waals surface area contributed by atoms with E-state index in [9.17, 15) is 0 Å². The van der Waals surface area contributed by atoms with Gasteiger partial charge in [-0.15, -0.1) is 0 Å². The van der Waals surface area contributed by atoms with Gasteiger partial charge in [0.2, 0.25) is 0 Å². The summed E-state index contributed by atoms with van der Waals surface area (Å²) in [6.45, 7) is 3.33. The smallest absolute Gasteiger partial charge is 0.0892 e. The Bertz CT molecular complexity index is 794. The van der Waals surface area contributed by atoms with Crippen LogP contribution in [0.4, 0.5) is 0 Å². The van der Waals surface area contributed by atoms with Crippen LogP contribution in [0, 0.1) is 0 Å². The van der Waals surface area contributed by atoms with Gasteiger partial charge in [-0.1, -0.05) is 6.07 Å². The maximum absolute atomic E-state index is 4.52. The number of likely N-dealkylation sites (tertiary alicyclic amines) is 1. The maximum Gasteiger partial charge on any atom is 0.0892 e. The molecule has 22 heavy (non-hydrogen) atoms. The maximum atomic E-state index is 4.52. The molecule has 0 bridgehead atoms. The van der Waals surface area contributed by atoms with Crippen molar-refractivity contribution in [3.63, 3.8) is 0 Å². The molecule has 0 amide bonds. The Hall–Kier alpha value is -2.33. The molecule has 1 fully saturated rings. The average Bonchev–Trinajstić information content (AvgIpc) is 3.08. The molecule has 4 heteroatoms. The Balaban J connectivity index is 1.65. The van der Waals surface area contributed by atoms with E-state index < -0.39 is 0 Å². The van der Waals surface area contributed by atoms with Gasteiger partial charge in [0.25, 0.3) is 0 Å². The van der Waals surface area contributed by atoms with Gasteiger partial charge in [0, 0.05) is 25.1 Å². The highest BCUT2D eigenvalue weighted by Gasteiger charge is 2.12. The van der Waals surface area contributed by atoms with Crippen molar-refractivity contribution in [3.05, 3.63) is 54.6 Å². The van der Waals surface area contributed by atoms with Crippen molar-refractivity contribution in [2.75, 3.05) is 13.1 Å². The minimum atomic E-state index is 0.928. The predicted octanol–water partition coefficient (Wildman–Crippen LogP) is 3.29. The Morgan fingerprint density at radius 3 is 2.41 bits per heavy atom. The molecular weight excluding hydrogens is 272 g/mol. The van der Waals surface area contributed by atoms with E-state index in [0.717, 1.165) is 28.8 Å². The van der Waals surface area contributed by atoms with Crippen molar-refractivity contribution in [2.24, 2.45) is 0 Å². The number of hydrogen-bond acceptors (Lipinski definition) is 4. The summed E-state index contributed by atoms with van der Waals surface area (Å²) in [5, 5.41) is 0. The van der Waals surface area contributed by atoms with Crippen LogP contribution >= 0.6 is 0 Å². The summed E-state index contributed by atoms with van der Waals surface area (Å²) in [5.74, 6) is 0. The van der Waals surface area contributed by atoms with Crippen molar-refractivity contribution >= 4 is 11.0 Å². The summed E-state index contributed by atoms with van der Waals surface area (Å²) < 4.78 is 0. The van der Waals surface area contributed by atoms with E-state index in [-0.39, 0.29) is 0 Å². The molecule has 4 rings (SSSR count). The fourth-order valence-electron chi connectivity index (χ4n) is 3.06. The zero-order chi connectivity index (χ0) is 14.8. The standard InChI is InChI=1S/C18H18N4/c1-2-10-22(9-1)13-16-11-15(5-6-19-16)14-3-4-17-18(12-14)21-8-7-20-17/h3-8,11-12H,1-2,9-10,13H2. The first-order valence-electron chi connectivity index (χ1n) is 7.77. The van der Waals surface area contributed by atoms with Crippen molar-refractivity contribution in [1.82, 2.24) is 19.9 Å². The van der Waals surface area contributed by atoms with Gasteiger partial charge in [0.1, 0.15) is 0 Å². The molecule has 0 radical (unpaired) electrons. The summed E-state index contributed by atoms with van der Waals surface area (Å²) in [7, 11) is 0. The van der Waals surface area contributed by atoms with E-state index in [4.69, 9.17) is 0 Å². The second-order valence-corrected chi connectivity index (χ2v) is 5.78. The number of nitrogens with zero attached hydrogens (tertiary/aromatic N) is 4. The molecule has 0 N–H and O–H groups in total. The van der Waals surface area contributed by atoms with E-state index in [2.05, 4.69) is 44.1 Å². The Morgan fingerprint density at radius 1 is 0.773 bits per heavy atom.